The number of aliphatic hydroxyl groups excluding tert-OH is 2. The van der Waals surface area contributed by atoms with Gasteiger partial charge in [0, 0.05) is 29.8 Å². The second-order valence-electron chi connectivity index (χ2n) is 3.93. The Labute approximate surface area is 94.7 Å². The molecule has 0 aliphatic heterocycles. The summed E-state index contributed by atoms with van der Waals surface area (Å²) in [5, 5.41) is 19.1. The molecule has 0 saturated carbocycles. The van der Waals surface area contributed by atoms with Gasteiger partial charge in [0.05, 0.1) is 0 Å². The molecule has 1 heterocycles. The van der Waals surface area contributed by atoms with Crippen molar-refractivity contribution in [1.29, 1.82) is 0 Å². The highest BCUT2D eigenvalue weighted by Gasteiger charge is 2.09. The largest absolute Gasteiger partial charge is 0.396 e. The zero-order valence-corrected chi connectivity index (χ0v) is 9.24. The van der Waals surface area contributed by atoms with Crippen LogP contribution in [0.1, 0.15) is 17.7 Å². The maximum Gasteiger partial charge on any atom is 0.0472 e. The summed E-state index contributed by atoms with van der Waals surface area (Å²) in [5.41, 5.74) is 3.44. The molecule has 0 atom stereocenters. The predicted molar refractivity (Wildman–Crippen MR) is 64.5 cm³/mol. The maximum atomic E-state index is 9.08. The predicted octanol–water partition coefficient (Wildman–Crippen LogP) is 1.63. The fraction of sp³-hybridized carbons (Fsp3) is 0.385. The Bertz CT molecular complexity index is 462. The van der Waals surface area contributed by atoms with Crippen LogP contribution in [0, 0.1) is 0 Å². The van der Waals surface area contributed by atoms with Gasteiger partial charge < -0.3 is 15.2 Å². The topological polar surface area (TPSA) is 56.2 Å². The number of aryl methyl sites for hydroxylation is 1. The zero-order valence-electron chi connectivity index (χ0n) is 9.24. The van der Waals surface area contributed by atoms with Crippen LogP contribution in [0.5, 0.6) is 0 Å². The van der Waals surface area contributed by atoms with Gasteiger partial charge in [0.25, 0.3) is 0 Å². The monoisotopic (exact) mass is 219 g/mol. The number of hydrogen-bond acceptors (Lipinski definition) is 2. The lowest BCUT2D eigenvalue weighted by Gasteiger charge is -2.01. The second-order valence-corrected chi connectivity index (χ2v) is 3.93. The van der Waals surface area contributed by atoms with Gasteiger partial charge in [-0.1, -0.05) is 18.2 Å². The minimum Gasteiger partial charge on any atom is -0.396 e. The summed E-state index contributed by atoms with van der Waals surface area (Å²) in [7, 11) is 0. The van der Waals surface area contributed by atoms with Gasteiger partial charge in [0.2, 0.25) is 0 Å². The molecule has 1 aromatic heterocycles. The van der Waals surface area contributed by atoms with E-state index in [1.807, 2.05) is 18.2 Å². The van der Waals surface area contributed by atoms with E-state index in [0.717, 1.165) is 24.1 Å². The van der Waals surface area contributed by atoms with Crippen molar-refractivity contribution in [2.45, 2.75) is 19.3 Å². The van der Waals surface area contributed by atoms with Crippen LogP contribution in [0.15, 0.2) is 24.3 Å². The SMILES string of the molecule is OCCCc1[nH]c2ccccc2c1CCO. The molecule has 0 fully saturated rings. The van der Waals surface area contributed by atoms with Crippen molar-refractivity contribution >= 4 is 10.9 Å². The molecule has 1 aromatic carbocycles. The van der Waals surface area contributed by atoms with Crippen molar-refractivity contribution in [3.8, 4) is 0 Å². The first kappa shape index (κ1) is 11.2. The Morgan fingerprint density at radius 3 is 2.56 bits per heavy atom. The highest BCUT2D eigenvalue weighted by molar-refractivity contribution is 5.84. The van der Waals surface area contributed by atoms with E-state index >= 15 is 0 Å². The van der Waals surface area contributed by atoms with Gasteiger partial charge in [-0.25, -0.2) is 0 Å². The summed E-state index contributed by atoms with van der Waals surface area (Å²) in [6.45, 7) is 0.363. The van der Waals surface area contributed by atoms with E-state index in [0.29, 0.717) is 6.42 Å². The molecule has 0 bridgehead atoms. The fourth-order valence-corrected chi connectivity index (χ4v) is 2.12. The smallest absolute Gasteiger partial charge is 0.0472 e. The summed E-state index contributed by atoms with van der Waals surface area (Å²) in [5.74, 6) is 0. The fourth-order valence-electron chi connectivity index (χ4n) is 2.12. The van der Waals surface area contributed by atoms with Gasteiger partial charge in [-0.3, -0.25) is 0 Å². The molecule has 0 amide bonds. The third kappa shape index (κ3) is 2.10. The molecule has 0 unspecified atom stereocenters. The highest BCUT2D eigenvalue weighted by Crippen LogP contribution is 2.23. The van der Waals surface area contributed by atoms with Crippen molar-refractivity contribution in [2.75, 3.05) is 13.2 Å². The van der Waals surface area contributed by atoms with Gasteiger partial charge in [-0.05, 0) is 30.9 Å². The Morgan fingerprint density at radius 1 is 1.00 bits per heavy atom. The first-order valence-corrected chi connectivity index (χ1v) is 5.67. The summed E-state index contributed by atoms with van der Waals surface area (Å²) >= 11 is 0. The molecule has 86 valence electrons. The number of benzene rings is 1. The van der Waals surface area contributed by atoms with Crippen molar-refractivity contribution in [1.82, 2.24) is 4.98 Å². The zero-order chi connectivity index (χ0) is 11.4. The molecule has 2 aromatic rings. The third-order valence-electron chi connectivity index (χ3n) is 2.85. The van der Waals surface area contributed by atoms with E-state index in [-0.39, 0.29) is 13.2 Å². The lowest BCUT2D eigenvalue weighted by Crippen LogP contribution is -1.97. The molecule has 3 heteroatoms. The number of aromatic amines is 1. The van der Waals surface area contributed by atoms with E-state index in [1.54, 1.807) is 0 Å². The Hall–Kier alpha value is -1.32. The molecular formula is C13H17NO2. The van der Waals surface area contributed by atoms with Crippen LogP contribution in [0.2, 0.25) is 0 Å². The summed E-state index contributed by atoms with van der Waals surface area (Å²) in [4.78, 5) is 3.36. The minimum atomic E-state index is 0.161. The molecule has 3 N–H and O–H groups in total. The first-order chi connectivity index (χ1) is 7.86. The number of para-hydroxylation sites is 1. The van der Waals surface area contributed by atoms with Crippen molar-refractivity contribution in [3.05, 3.63) is 35.5 Å². The second kappa shape index (κ2) is 5.14. The van der Waals surface area contributed by atoms with Crippen molar-refractivity contribution in [2.24, 2.45) is 0 Å². The van der Waals surface area contributed by atoms with Gasteiger partial charge in [0.15, 0.2) is 0 Å². The first-order valence-electron chi connectivity index (χ1n) is 5.67. The summed E-state index contributed by atoms with van der Waals surface area (Å²) in [6, 6.07) is 8.11. The molecule has 0 saturated heterocycles. The Kier molecular flexibility index (Phi) is 3.59. The molecule has 3 nitrogen and oxygen atoms in total. The van der Waals surface area contributed by atoms with E-state index < -0.39 is 0 Å². The van der Waals surface area contributed by atoms with Gasteiger partial charge >= 0.3 is 0 Å². The number of fused-ring (bicyclic) bond motifs is 1. The van der Waals surface area contributed by atoms with E-state index in [1.165, 1.54) is 10.9 Å². The van der Waals surface area contributed by atoms with Gasteiger partial charge in [-0.2, -0.15) is 0 Å². The summed E-state index contributed by atoms with van der Waals surface area (Å²) < 4.78 is 0. The maximum absolute atomic E-state index is 9.08. The van der Waals surface area contributed by atoms with Gasteiger partial charge in [-0.15, -0.1) is 0 Å². The van der Waals surface area contributed by atoms with Crippen LogP contribution in [-0.4, -0.2) is 28.4 Å². The average molecular weight is 219 g/mol. The lowest BCUT2D eigenvalue weighted by atomic mass is 10.1. The number of H-pyrrole nitrogens is 1. The van der Waals surface area contributed by atoms with Crippen LogP contribution < -0.4 is 0 Å². The standard InChI is InChI=1S/C13H17NO2/c15-8-3-6-13-11(7-9-16)10-4-1-2-5-12(10)14-13/h1-2,4-5,14-16H,3,6-9H2. The Morgan fingerprint density at radius 2 is 1.81 bits per heavy atom. The average Bonchev–Trinajstić information content (AvgIpc) is 2.66. The van der Waals surface area contributed by atoms with E-state index in [9.17, 15) is 0 Å². The van der Waals surface area contributed by atoms with Crippen LogP contribution in [0.25, 0.3) is 10.9 Å². The number of hydrogen-bond donors (Lipinski definition) is 3. The van der Waals surface area contributed by atoms with Crippen LogP contribution >= 0.6 is 0 Å². The van der Waals surface area contributed by atoms with Crippen LogP contribution in [-0.2, 0) is 12.8 Å². The number of nitrogens with one attached hydrogen (secondary N) is 1. The Balaban J connectivity index is 2.41. The highest BCUT2D eigenvalue weighted by atomic mass is 16.3. The van der Waals surface area contributed by atoms with Crippen molar-refractivity contribution in [3.63, 3.8) is 0 Å². The number of aliphatic hydroxyl groups is 2. The van der Waals surface area contributed by atoms with Crippen LogP contribution in [0.4, 0.5) is 0 Å². The normalized spacial score (nSPS) is 11.1. The number of rotatable bonds is 5. The van der Waals surface area contributed by atoms with Crippen LogP contribution in [0.3, 0.4) is 0 Å². The quantitative estimate of drug-likeness (QED) is 0.716. The lowest BCUT2D eigenvalue weighted by molar-refractivity contribution is 0.287. The molecule has 0 aliphatic rings. The minimum absolute atomic E-state index is 0.161. The van der Waals surface area contributed by atoms with Gasteiger partial charge in [0.1, 0.15) is 0 Å². The van der Waals surface area contributed by atoms with Crippen molar-refractivity contribution < 1.29 is 10.2 Å². The molecular weight excluding hydrogens is 202 g/mol. The molecule has 0 aliphatic carbocycles. The molecule has 2 rings (SSSR count). The molecule has 0 radical (unpaired) electrons. The molecule has 16 heavy (non-hydrogen) atoms. The third-order valence-corrected chi connectivity index (χ3v) is 2.85. The molecule has 0 spiro atoms. The summed E-state index contributed by atoms with van der Waals surface area (Å²) in [6.07, 6.45) is 2.26. The number of aromatic nitrogens is 1. The van der Waals surface area contributed by atoms with E-state index in [2.05, 4.69) is 11.1 Å². The van der Waals surface area contributed by atoms with E-state index in [4.69, 9.17) is 10.2 Å².